The topological polar surface area (TPSA) is 12.0 Å². The van der Waals surface area contributed by atoms with Gasteiger partial charge in [0.25, 0.3) is 0 Å². The summed E-state index contributed by atoms with van der Waals surface area (Å²) in [6.45, 7) is 0. The number of allylic oxidation sites excluding steroid dienone is 14. The lowest BCUT2D eigenvalue weighted by atomic mass is 9.49. The minimum absolute atomic E-state index is 0.0327. The molecule has 56 heavy (non-hydrogen) atoms. The monoisotopic (exact) mass is 725 g/mol. The smallest absolute Gasteiger partial charge is 0.0704 e. The second-order valence-corrected chi connectivity index (χ2v) is 16.6. The molecule has 0 spiro atoms. The minimum atomic E-state index is -0.148. The van der Waals surface area contributed by atoms with Gasteiger partial charge in [0.05, 0.1) is 6.04 Å². The van der Waals surface area contributed by atoms with E-state index >= 15 is 0 Å². The average molecular weight is 726 g/mol. The lowest BCUT2D eigenvalue weighted by Crippen LogP contribution is -2.50. The van der Waals surface area contributed by atoms with Crippen LogP contribution in [0.25, 0.3) is 22.4 Å². The van der Waals surface area contributed by atoms with Crippen LogP contribution in [0.4, 0.5) is 0 Å². The molecule has 1 heteroatoms. The highest BCUT2D eigenvalue weighted by molar-refractivity contribution is 5.87. The number of rotatable bonds is 7. The van der Waals surface area contributed by atoms with Gasteiger partial charge in [-0.05, 0) is 136 Å². The van der Waals surface area contributed by atoms with E-state index in [4.69, 9.17) is 0 Å². The van der Waals surface area contributed by atoms with Crippen molar-refractivity contribution in [3.05, 3.63) is 227 Å². The van der Waals surface area contributed by atoms with E-state index in [1.807, 2.05) is 0 Å². The van der Waals surface area contributed by atoms with Crippen molar-refractivity contribution in [2.75, 3.05) is 0 Å². The van der Waals surface area contributed by atoms with Gasteiger partial charge in [-0.1, -0.05) is 176 Å². The summed E-state index contributed by atoms with van der Waals surface area (Å²) in [5.74, 6) is 1.80. The maximum Gasteiger partial charge on any atom is 0.0704 e. The van der Waals surface area contributed by atoms with Crippen LogP contribution in [0.3, 0.4) is 0 Å². The van der Waals surface area contributed by atoms with Crippen molar-refractivity contribution in [2.24, 2.45) is 17.8 Å². The van der Waals surface area contributed by atoms with Gasteiger partial charge in [-0.2, -0.15) is 0 Å². The molecule has 6 unspecified atom stereocenters. The van der Waals surface area contributed by atoms with Crippen LogP contribution in [0.5, 0.6) is 0 Å². The molecule has 0 bridgehead atoms. The largest absolute Gasteiger partial charge is 0.374 e. The fraction of sp³-hybridized carbons (Fsp3) is 0.236. The summed E-state index contributed by atoms with van der Waals surface area (Å²) < 4.78 is 0. The average Bonchev–Trinajstić information content (AvgIpc) is 3.29. The zero-order valence-electron chi connectivity index (χ0n) is 32.2. The molecule has 0 saturated heterocycles. The van der Waals surface area contributed by atoms with E-state index in [1.54, 1.807) is 0 Å². The van der Waals surface area contributed by atoms with Crippen molar-refractivity contribution >= 4 is 11.3 Å². The second-order valence-electron chi connectivity index (χ2n) is 16.6. The van der Waals surface area contributed by atoms with Crippen LogP contribution in [0.1, 0.15) is 72.3 Å². The number of hydrogen-bond donors (Lipinski definition) is 1. The molecule has 6 atom stereocenters. The third kappa shape index (κ3) is 6.38. The molecule has 1 heterocycles. The molecule has 0 saturated carbocycles. The normalized spacial score (nSPS) is 27.6. The summed E-state index contributed by atoms with van der Waals surface area (Å²) in [5, 5.41) is 4.06. The Labute approximate surface area is 333 Å². The van der Waals surface area contributed by atoms with Crippen molar-refractivity contribution < 1.29 is 0 Å². The van der Waals surface area contributed by atoms with Crippen molar-refractivity contribution in [1.29, 1.82) is 0 Å². The Morgan fingerprint density at radius 2 is 1.39 bits per heavy atom. The predicted molar refractivity (Wildman–Crippen MR) is 236 cm³/mol. The van der Waals surface area contributed by atoms with Gasteiger partial charge in [0.2, 0.25) is 0 Å². The molecule has 5 aliphatic carbocycles. The number of benzene rings is 4. The molecule has 4 aromatic carbocycles. The highest BCUT2D eigenvalue weighted by atomic mass is 14.9. The van der Waals surface area contributed by atoms with E-state index in [0.717, 1.165) is 32.1 Å². The minimum Gasteiger partial charge on any atom is -0.374 e. The van der Waals surface area contributed by atoms with Crippen molar-refractivity contribution in [3.63, 3.8) is 0 Å². The SMILES string of the molecule is C1=CC2Cc3ccccc3C(C3=CCCC=C3)(C3C=C(C4C=C(c5ccc(C6CC=CCC6)cc5)C=C(c5ccc(-c6ccccc6)cc5)N4)C=CC3)C2C=C1. The van der Waals surface area contributed by atoms with E-state index in [2.05, 4.69) is 194 Å². The molecule has 276 valence electrons. The van der Waals surface area contributed by atoms with Gasteiger partial charge in [0.1, 0.15) is 0 Å². The molecule has 6 aliphatic rings. The number of dihydropyridines is 1. The number of nitrogens with one attached hydrogen (secondary N) is 1. The van der Waals surface area contributed by atoms with E-state index < -0.39 is 0 Å². The first-order chi connectivity index (χ1) is 27.7. The first-order valence-electron chi connectivity index (χ1n) is 21.0. The molecule has 1 N–H and O–H groups in total. The fourth-order valence-corrected chi connectivity index (χ4v) is 10.7. The summed E-state index contributed by atoms with van der Waals surface area (Å²) in [6, 6.07) is 38.7. The standard InChI is InChI=1S/C55H51N/c1-4-15-39(16-5-1)41-27-29-43(30-28-41)48-37-53(44-33-31-42(32-34-44)40-17-6-2-7-18-40)56-54(38-48)47-21-14-24-50(36-47)55(49-22-8-3-9-23-49)51-25-12-10-19-45(51)35-46-20-11-13-26-52(46)55/h1-2,4,6-8,10-14,17-23,25-34,36-39,45,50-51,54,56H,3,5,9,15-16,24,35H2. The van der Waals surface area contributed by atoms with Gasteiger partial charge in [-0.25, -0.2) is 0 Å². The molecule has 10 rings (SSSR count). The quantitative estimate of drug-likeness (QED) is 0.187. The van der Waals surface area contributed by atoms with E-state index in [-0.39, 0.29) is 11.5 Å². The molecule has 0 fully saturated rings. The van der Waals surface area contributed by atoms with Crippen molar-refractivity contribution in [3.8, 4) is 11.1 Å². The van der Waals surface area contributed by atoms with Gasteiger partial charge in [0, 0.05) is 11.1 Å². The zero-order chi connectivity index (χ0) is 37.3. The molecule has 0 radical (unpaired) electrons. The van der Waals surface area contributed by atoms with E-state index in [0.29, 0.717) is 23.7 Å². The molecule has 4 aromatic rings. The van der Waals surface area contributed by atoms with Crippen LogP contribution in [0.2, 0.25) is 0 Å². The van der Waals surface area contributed by atoms with E-state index in [1.165, 1.54) is 74.2 Å². The van der Waals surface area contributed by atoms with Crippen LogP contribution >= 0.6 is 0 Å². The van der Waals surface area contributed by atoms with Gasteiger partial charge < -0.3 is 5.32 Å². The van der Waals surface area contributed by atoms with Crippen LogP contribution < -0.4 is 5.32 Å². The highest BCUT2D eigenvalue weighted by Gasteiger charge is 2.53. The molecule has 0 amide bonds. The lowest BCUT2D eigenvalue weighted by Gasteiger charge is -2.54. The Morgan fingerprint density at radius 1 is 0.607 bits per heavy atom. The summed E-state index contributed by atoms with van der Waals surface area (Å²) in [5.41, 5.74) is 14.6. The number of hydrogen-bond acceptors (Lipinski definition) is 1. The Morgan fingerprint density at radius 3 is 2.21 bits per heavy atom. The maximum absolute atomic E-state index is 4.06. The summed E-state index contributed by atoms with van der Waals surface area (Å²) in [6.07, 6.45) is 42.1. The van der Waals surface area contributed by atoms with Crippen molar-refractivity contribution in [2.45, 2.75) is 62.3 Å². The van der Waals surface area contributed by atoms with Crippen LogP contribution in [-0.2, 0) is 11.8 Å². The third-order valence-electron chi connectivity index (χ3n) is 13.4. The third-order valence-corrected chi connectivity index (χ3v) is 13.4. The summed E-state index contributed by atoms with van der Waals surface area (Å²) >= 11 is 0. The van der Waals surface area contributed by atoms with Crippen molar-refractivity contribution in [1.82, 2.24) is 5.32 Å². The predicted octanol–water partition coefficient (Wildman–Crippen LogP) is 13.2. The molecule has 0 aromatic heterocycles. The highest BCUT2D eigenvalue weighted by Crippen LogP contribution is 2.58. The maximum atomic E-state index is 4.06. The number of fused-ring (bicyclic) bond motifs is 2. The Hall–Kier alpha value is -5.66. The van der Waals surface area contributed by atoms with Crippen LogP contribution in [0, 0.1) is 17.8 Å². The first-order valence-corrected chi connectivity index (χ1v) is 21.0. The summed E-state index contributed by atoms with van der Waals surface area (Å²) in [4.78, 5) is 0. The Balaban J connectivity index is 1.06. The fourth-order valence-electron chi connectivity index (χ4n) is 10.7. The molecule has 1 aliphatic heterocycles. The Bertz CT molecular complexity index is 2370. The van der Waals surface area contributed by atoms with Gasteiger partial charge in [0.15, 0.2) is 0 Å². The van der Waals surface area contributed by atoms with Crippen LogP contribution in [-0.4, -0.2) is 6.04 Å². The molecule has 1 nitrogen and oxygen atoms in total. The van der Waals surface area contributed by atoms with E-state index in [9.17, 15) is 0 Å². The lowest BCUT2D eigenvalue weighted by molar-refractivity contribution is 0.216. The second kappa shape index (κ2) is 15.1. The summed E-state index contributed by atoms with van der Waals surface area (Å²) in [7, 11) is 0. The Kier molecular flexibility index (Phi) is 9.39. The molecular weight excluding hydrogens is 675 g/mol. The zero-order valence-corrected chi connectivity index (χ0v) is 32.2. The first kappa shape index (κ1) is 34.8. The van der Waals surface area contributed by atoms with Crippen LogP contribution in [0.15, 0.2) is 199 Å². The van der Waals surface area contributed by atoms with Gasteiger partial charge in [-0.15, -0.1) is 0 Å². The molecular formula is C55H51N. The van der Waals surface area contributed by atoms with Gasteiger partial charge in [-0.3, -0.25) is 0 Å². The van der Waals surface area contributed by atoms with Gasteiger partial charge >= 0.3 is 0 Å².